The van der Waals surface area contributed by atoms with E-state index in [4.69, 9.17) is 22.6 Å². The van der Waals surface area contributed by atoms with Gasteiger partial charge in [0.25, 0.3) is 0 Å². The summed E-state index contributed by atoms with van der Waals surface area (Å²) in [5, 5.41) is 19.7. The molecule has 8 heteroatoms. The Morgan fingerprint density at radius 1 is 1.70 bits per heavy atom. The fraction of sp³-hybridized carbons (Fsp3) is 0.500. The van der Waals surface area contributed by atoms with E-state index in [9.17, 15) is 15.0 Å². The molecule has 6 N–H and O–H groups in total. The first-order valence-electron chi connectivity index (χ1n) is 5.94. The molecule has 0 radical (unpaired) electrons. The van der Waals surface area contributed by atoms with Crippen molar-refractivity contribution in [2.24, 2.45) is 5.73 Å². The molecule has 1 aliphatic heterocycles. The number of ether oxygens (including phenoxy) is 1. The first kappa shape index (κ1) is 14.5. The van der Waals surface area contributed by atoms with Gasteiger partial charge in [-0.25, -0.2) is 4.79 Å². The summed E-state index contributed by atoms with van der Waals surface area (Å²) >= 11 is 0. The molecule has 0 aromatic carbocycles. The topological polar surface area (TPSA) is 137 Å². The van der Waals surface area contributed by atoms with Gasteiger partial charge in [-0.05, 0) is 13.0 Å². The molecular formula is C12H16N4O4. The lowest BCUT2D eigenvalue weighted by Crippen LogP contribution is -2.55. The molecule has 0 saturated carbocycles. The molecule has 8 nitrogen and oxygen atoms in total. The maximum atomic E-state index is 11.8. The van der Waals surface area contributed by atoms with Gasteiger partial charge in [-0.3, -0.25) is 4.57 Å². The van der Waals surface area contributed by atoms with Gasteiger partial charge in [-0.2, -0.15) is 4.98 Å². The van der Waals surface area contributed by atoms with E-state index < -0.39 is 35.8 Å². The van der Waals surface area contributed by atoms with Gasteiger partial charge in [0.1, 0.15) is 18.0 Å². The molecule has 2 heterocycles. The van der Waals surface area contributed by atoms with Crippen molar-refractivity contribution in [1.29, 1.82) is 0 Å². The van der Waals surface area contributed by atoms with Crippen molar-refractivity contribution in [3.8, 4) is 12.3 Å². The van der Waals surface area contributed by atoms with E-state index in [0.29, 0.717) is 0 Å². The molecule has 1 aromatic heterocycles. The number of rotatable bonds is 2. The number of hydrogen-bond acceptors (Lipinski definition) is 7. The highest BCUT2D eigenvalue weighted by atomic mass is 16.5. The van der Waals surface area contributed by atoms with Crippen molar-refractivity contribution < 1.29 is 14.9 Å². The van der Waals surface area contributed by atoms with E-state index in [0.717, 1.165) is 4.57 Å². The van der Waals surface area contributed by atoms with Crippen molar-refractivity contribution in [1.82, 2.24) is 9.55 Å². The van der Waals surface area contributed by atoms with Crippen LogP contribution in [0.25, 0.3) is 0 Å². The number of nitrogens with two attached hydrogens (primary N) is 2. The smallest absolute Gasteiger partial charge is 0.351 e. The maximum Gasteiger partial charge on any atom is 0.351 e. The molecule has 0 amide bonds. The fourth-order valence-corrected chi connectivity index (χ4v) is 2.19. The van der Waals surface area contributed by atoms with Gasteiger partial charge in [0.05, 0.1) is 6.10 Å². The Labute approximate surface area is 115 Å². The SMILES string of the molecule is C#CC1(N)C(O)[C@@H]([C@H](C)O)O[C@H]1n1ccc(N)nc1=O. The summed E-state index contributed by atoms with van der Waals surface area (Å²) in [4.78, 5) is 15.4. The highest BCUT2D eigenvalue weighted by Crippen LogP contribution is 2.36. The van der Waals surface area contributed by atoms with Gasteiger partial charge < -0.3 is 26.4 Å². The lowest BCUT2D eigenvalue weighted by Gasteiger charge is -2.27. The fourth-order valence-electron chi connectivity index (χ4n) is 2.19. The van der Waals surface area contributed by atoms with E-state index in [2.05, 4.69) is 10.9 Å². The summed E-state index contributed by atoms with van der Waals surface area (Å²) in [7, 11) is 0. The molecule has 0 aliphatic carbocycles. The minimum Gasteiger partial charge on any atom is -0.391 e. The molecule has 108 valence electrons. The van der Waals surface area contributed by atoms with Crippen molar-refractivity contribution >= 4 is 5.82 Å². The lowest BCUT2D eigenvalue weighted by molar-refractivity contribution is -0.0778. The zero-order valence-electron chi connectivity index (χ0n) is 10.8. The van der Waals surface area contributed by atoms with Crippen LogP contribution in [-0.2, 0) is 4.74 Å². The summed E-state index contributed by atoms with van der Waals surface area (Å²) in [6.45, 7) is 1.43. The third-order valence-corrected chi connectivity index (χ3v) is 3.32. The van der Waals surface area contributed by atoms with E-state index in [-0.39, 0.29) is 5.82 Å². The Kier molecular flexibility index (Phi) is 3.54. The zero-order chi connectivity index (χ0) is 15.1. The van der Waals surface area contributed by atoms with E-state index >= 15 is 0 Å². The van der Waals surface area contributed by atoms with Crippen molar-refractivity contribution in [2.75, 3.05) is 5.73 Å². The van der Waals surface area contributed by atoms with Crippen LogP contribution in [0.1, 0.15) is 13.2 Å². The number of hydrogen-bond donors (Lipinski definition) is 4. The number of aromatic nitrogens is 2. The predicted molar refractivity (Wildman–Crippen MR) is 70.3 cm³/mol. The van der Waals surface area contributed by atoms with Gasteiger partial charge in [-0.1, -0.05) is 5.92 Å². The lowest BCUT2D eigenvalue weighted by atomic mass is 9.90. The van der Waals surface area contributed by atoms with Crippen LogP contribution in [0.3, 0.4) is 0 Å². The molecule has 1 aliphatic rings. The minimum atomic E-state index is -1.66. The van der Waals surface area contributed by atoms with Crippen LogP contribution in [0.2, 0.25) is 0 Å². The van der Waals surface area contributed by atoms with E-state index in [1.807, 2.05) is 0 Å². The molecule has 0 bridgehead atoms. The number of nitrogen functional groups attached to an aromatic ring is 1. The van der Waals surface area contributed by atoms with E-state index in [1.165, 1.54) is 19.2 Å². The van der Waals surface area contributed by atoms with Crippen LogP contribution in [0.15, 0.2) is 17.1 Å². The average Bonchev–Trinajstić information content (AvgIpc) is 2.64. The number of aliphatic hydroxyl groups excluding tert-OH is 2. The Morgan fingerprint density at radius 2 is 2.35 bits per heavy atom. The molecule has 0 spiro atoms. The minimum absolute atomic E-state index is 0.0419. The molecule has 2 rings (SSSR count). The summed E-state index contributed by atoms with van der Waals surface area (Å²) in [5.41, 5.74) is 9.00. The molecule has 20 heavy (non-hydrogen) atoms. The van der Waals surface area contributed by atoms with Gasteiger partial charge in [0.15, 0.2) is 11.8 Å². The molecule has 1 fully saturated rings. The van der Waals surface area contributed by atoms with Crippen LogP contribution in [0, 0.1) is 12.3 Å². The quantitative estimate of drug-likeness (QED) is 0.451. The third kappa shape index (κ3) is 2.07. The Morgan fingerprint density at radius 3 is 2.85 bits per heavy atom. The molecule has 1 aromatic rings. The molecule has 2 unspecified atom stereocenters. The number of aliphatic hydroxyl groups is 2. The normalized spacial score (nSPS) is 34.6. The van der Waals surface area contributed by atoms with Crippen LogP contribution >= 0.6 is 0 Å². The highest BCUT2D eigenvalue weighted by molar-refractivity contribution is 5.26. The standard InChI is InChI=1S/C12H16N4O4/c1-3-12(14)9(18)8(6(2)17)20-10(12)16-5-4-7(13)15-11(16)19/h1,4-6,8-10,17-18H,14H2,2H3,(H2,13,15,19)/t6-,8+,9?,10+,12?/m0/s1. The Bertz CT molecular complexity index is 608. The number of nitrogens with zero attached hydrogens (tertiary/aromatic N) is 2. The van der Waals surface area contributed by atoms with Crippen molar-refractivity contribution in [2.45, 2.75) is 37.0 Å². The summed E-state index contributed by atoms with van der Waals surface area (Å²) in [6, 6.07) is 1.38. The van der Waals surface area contributed by atoms with Gasteiger partial charge in [0, 0.05) is 6.20 Å². The Hall–Kier alpha value is -1.92. The van der Waals surface area contributed by atoms with Gasteiger partial charge >= 0.3 is 5.69 Å². The summed E-state index contributed by atoms with van der Waals surface area (Å²) in [6.07, 6.45) is 2.20. The molecule has 1 saturated heterocycles. The Balaban J connectivity index is 2.50. The molecular weight excluding hydrogens is 264 g/mol. The monoisotopic (exact) mass is 280 g/mol. The van der Waals surface area contributed by atoms with Crippen molar-refractivity contribution in [3.05, 3.63) is 22.7 Å². The van der Waals surface area contributed by atoms with Crippen LogP contribution in [-0.4, -0.2) is 43.6 Å². The van der Waals surface area contributed by atoms with Crippen LogP contribution < -0.4 is 17.2 Å². The second kappa shape index (κ2) is 4.88. The van der Waals surface area contributed by atoms with E-state index in [1.54, 1.807) is 0 Å². The zero-order valence-corrected chi connectivity index (χ0v) is 10.8. The van der Waals surface area contributed by atoms with Gasteiger partial charge in [0.2, 0.25) is 0 Å². The average molecular weight is 280 g/mol. The summed E-state index contributed by atoms with van der Waals surface area (Å²) in [5.74, 6) is 2.28. The number of terminal acetylenes is 1. The largest absolute Gasteiger partial charge is 0.391 e. The first-order chi connectivity index (χ1) is 9.31. The highest BCUT2D eigenvalue weighted by Gasteiger charge is 2.55. The third-order valence-electron chi connectivity index (χ3n) is 3.32. The maximum absolute atomic E-state index is 11.8. The summed E-state index contributed by atoms with van der Waals surface area (Å²) < 4.78 is 6.51. The van der Waals surface area contributed by atoms with Gasteiger partial charge in [-0.15, -0.1) is 6.42 Å². The van der Waals surface area contributed by atoms with Crippen molar-refractivity contribution in [3.63, 3.8) is 0 Å². The van der Waals surface area contributed by atoms with Crippen LogP contribution in [0.4, 0.5) is 5.82 Å². The van der Waals surface area contributed by atoms with Crippen LogP contribution in [0.5, 0.6) is 0 Å². The second-order valence-electron chi connectivity index (χ2n) is 4.76. The second-order valence-corrected chi connectivity index (χ2v) is 4.76. The number of anilines is 1. The predicted octanol–water partition coefficient (Wildman–Crippen LogP) is -2.20. The molecule has 5 atom stereocenters. The first-order valence-corrected chi connectivity index (χ1v) is 5.94.